The van der Waals surface area contributed by atoms with Gasteiger partial charge in [0.1, 0.15) is 5.82 Å². The van der Waals surface area contributed by atoms with Gasteiger partial charge >= 0.3 is 6.03 Å². The van der Waals surface area contributed by atoms with Crippen LogP contribution in [0.3, 0.4) is 0 Å². The maximum Gasteiger partial charge on any atom is 0.320 e. The first-order valence-corrected chi connectivity index (χ1v) is 7.96. The molecule has 23 heavy (non-hydrogen) atoms. The summed E-state index contributed by atoms with van der Waals surface area (Å²) in [6.45, 7) is 4.97. The molecule has 2 aromatic heterocycles. The zero-order chi connectivity index (χ0) is 16.2. The van der Waals surface area contributed by atoms with Crippen molar-refractivity contribution in [3.05, 3.63) is 29.0 Å². The summed E-state index contributed by atoms with van der Waals surface area (Å²) in [5, 5.41) is 13.1. The molecule has 0 aromatic carbocycles. The molecule has 0 saturated carbocycles. The van der Waals surface area contributed by atoms with Gasteiger partial charge in [-0.3, -0.25) is 10.00 Å². The van der Waals surface area contributed by atoms with Gasteiger partial charge in [0.05, 0.1) is 12.7 Å². The molecule has 0 unspecified atom stereocenters. The molecule has 1 aliphatic carbocycles. The number of fused-ring (bicyclic) bond motifs is 1. The lowest BCUT2D eigenvalue weighted by atomic mass is 9.95. The number of amides is 2. The van der Waals surface area contributed by atoms with E-state index < -0.39 is 0 Å². The van der Waals surface area contributed by atoms with Gasteiger partial charge < -0.3 is 5.32 Å². The molecular weight excluding hydrogens is 294 g/mol. The van der Waals surface area contributed by atoms with E-state index in [2.05, 4.69) is 30.9 Å². The number of nitrogens with one attached hydrogen (secondary N) is 2. The summed E-state index contributed by atoms with van der Waals surface area (Å²) in [6, 6.07) is -0.341. The average molecular weight is 315 g/mol. The molecule has 3 rings (SSSR count). The van der Waals surface area contributed by atoms with E-state index in [1.54, 1.807) is 10.9 Å². The van der Waals surface area contributed by atoms with E-state index in [9.17, 15) is 4.79 Å². The van der Waals surface area contributed by atoms with Gasteiger partial charge in [0.25, 0.3) is 0 Å². The quantitative estimate of drug-likeness (QED) is 0.893. The number of aromatic nitrogens is 5. The second-order valence-corrected chi connectivity index (χ2v) is 5.62. The van der Waals surface area contributed by atoms with Crippen molar-refractivity contribution in [3.63, 3.8) is 0 Å². The van der Waals surface area contributed by atoms with Crippen molar-refractivity contribution in [2.45, 2.75) is 52.6 Å². The van der Waals surface area contributed by atoms with Crippen molar-refractivity contribution in [1.29, 1.82) is 0 Å². The number of nitrogens with zero attached hydrogens (tertiary/aromatic N) is 5. The van der Waals surface area contributed by atoms with Crippen LogP contribution in [0.1, 0.15) is 42.5 Å². The van der Waals surface area contributed by atoms with Gasteiger partial charge in [0.2, 0.25) is 0 Å². The zero-order valence-corrected chi connectivity index (χ0v) is 13.5. The molecule has 2 amide bonds. The van der Waals surface area contributed by atoms with Crippen LogP contribution >= 0.6 is 0 Å². The molecule has 0 fully saturated rings. The van der Waals surface area contributed by atoms with Crippen LogP contribution in [0.2, 0.25) is 0 Å². The first-order chi connectivity index (χ1) is 11.2. The Morgan fingerprint density at radius 1 is 1.30 bits per heavy atom. The molecule has 0 saturated heterocycles. The number of aryl methyl sites for hydroxylation is 3. The fraction of sp³-hybridized carbons (Fsp3) is 0.533. The van der Waals surface area contributed by atoms with Gasteiger partial charge in [-0.05, 0) is 45.1 Å². The highest BCUT2D eigenvalue weighted by Gasteiger charge is 2.15. The number of rotatable bonds is 4. The standard InChI is InChI=1S/C15H21N7O/c1-3-22-9-14(20-21-22)19-15(23)16-8-13-17-10(2)11-6-4-5-7-12(11)18-13/h9H,3-8H2,1-2H3,(H2,16,19,23). The summed E-state index contributed by atoms with van der Waals surface area (Å²) in [6.07, 6.45) is 6.11. The summed E-state index contributed by atoms with van der Waals surface area (Å²) < 4.78 is 1.64. The number of hydrogen-bond acceptors (Lipinski definition) is 5. The second kappa shape index (κ2) is 6.72. The molecule has 1 aliphatic rings. The van der Waals surface area contributed by atoms with Crippen molar-refractivity contribution < 1.29 is 4.79 Å². The molecule has 2 N–H and O–H groups in total. The fourth-order valence-electron chi connectivity index (χ4n) is 2.75. The van der Waals surface area contributed by atoms with Crippen molar-refractivity contribution in [1.82, 2.24) is 30.3 Å². The Kier molecular flexibility index (Phi) is 4.50. The van der Waals surface area contributed by atoms with Gasteiger partial charge in [0.15, 0.2) is 5.82 Å². The minimum absolute atomic E-state index is 0.294. The highest BCUT2D eigenvalue weighted by atomic mass is 16.2. The highest BCUT2D eigenvalue weighted by Crippen LogP contribution is 2.21. The van der Waals surface area contributed by atoms with Gasteiger partial charge in [0, 0.05) is 17.9 Å². The third kappa shape index (κ3) is 3.64. The Morgan fingerprint density at radius 2 is 2.13 bits per heavy atom. The molecule has 0 spiro atoms. The van der Waals surface area contributed by atoms with Crippen molar-refractivity contribution in [2.75, 3.05) is 5.32 Å². The van der Waals surface area contributed by atoms with Gasteiger partial charge in [-0.15, -0.1) is 5.10 Å². The molecule has 0 aliphatic heterocycles. The summed E-state index contributed by atoms with van der Waals surface area (Å²) in [5.41, 5.74) is 3.44. The Morgan fingerprint density at radius 3 is 2.91 bits per heavy atom. The van der Waals surface area contributed by atoms with E-state index in [1.807, 2.05) is 13.8 Å². The van der Waals surface area contributed by atoms with E-state index in [4.69, 9.17) is 0 Å². The van der Waals surface area contributed by atoms with Crippen LogP contribution in [-0.2, 0) is 25.9 Å². The summed E-state index contributed by atoms with van der Waals surface area (Å²) in [4.78, 5) is 21.0. The van der Waals surface area contributed by atoms with E-state index in [-0.39, 0.29) is 6.03 Å². The van der Waals surface area contributed by atoms with Crippen LogP contribution < -0.4 is 10.6 Å². The topological polar surface area (TPSA) is 97.6 Å². The zero-order valence-electron chi connectivity index (χ0n) is 13.5. The Labute approximate surface area is 134 Å². The summed E-state index contributed by atoms with van der Waals surface area (Å²) >= 11 is 0. The fourth-order valence-corrected chi connectivity index (χ4v) is 2.75. The highest BCUT2D eigenvalue weighted by molar-refractivity contribution is 5.87. The predicted octanol–water partition coefficient (Wildman–Crippen LogP) is 1.60. The summed E-state index contributed by atoms with van der Waals surface area (Å²) in [5.74, 6) is 1.07. The van der Waals surface area contributed by atoms with Crippen molar-refractivity contribution in [3.8, 4) is 0 Å². The van der Waals surface area contributed by atoms with Crippen LogP contribution in [0.5, 0.6) is 0 Å². The molecular formula is C15H21N7O. The maximum atomic E-state index is 11.9. The molecule has 0 atom stereocenters. The third-order valence-electron chi connectivity index (χ3n) is 3.95. The minimum Gasteiger partial charge on any atom is -0.331 e. The average Bonchev–Trinajstić information content (AvgIpc) is 3.00. The van der Waals surface area contributed by atoms with Gasteiger partial charge in [-0.1, -0.05) is 5.21 Å². The molecule has 122 valence electrons. The predicted molar refractivity (Wildman–Crippen MR) is 85.0 cm³/mol. The monoisotopic (exact) mass is 315 g/mol. The molecule has 8 heteroatoms. The van der Waals surface area contributed by atoms with Crippen LogP contribution in [0.15, 0.2) is 6.20 Å². The summed E-state index contributed by atoms with van der Waals surface area (Å²) in [7, 11) is 0. The SMILES string of the molecule is CCn1cc(NC(=O)NCc2nc(C)c3c(n2)CCCC3)nn1. The van der Waals surface area contributed by atoms with E-state index in [0.717, 1.165) is 24.2 Å². The minimum atomic E-state index is -0.341. The first-order valence-electron chi connectivity index (χ1n) is 7.96. The van der Waals surface area contributed by atoms with Crippen molar-refractivity contribution >= 4 is 11.8 Å². The van der Waals surface area contributed by atoms with Crippen LogP contribution in [0.25, 0.3) is 0 Å². The number of urea groups is 1. The largest absolute Gasteiger partial charge is 0.331 e. The molecule has 2 aromatic rings. The normalized spacial score (nSPS) is 13.5. The van der Waals surface area contributed by atoms with Gasteiger partial charge in [-0.2, -0.15) is 0 Å². The lowest BCUT2D eigenvalue weighted by molar-refractivity contribution is 0.251. The lowest BCUT2D eigenvalue weighted by Gasteiger charge is -2.17. The molecule has 0 radical (unpaired) electrons. The first kappa shape index (κ1) is 15.4. The number of carbonyl (C=O) groups is 1. The molecule has 8 nitrogen and oxygen atoms in total. The van der Waals surface area contributed by atoms with Crippen LogP contribution in [0, 0.1) is 6.92 Å². The smallest absolute Gasteiger partial charge is 0.320 e. The number of carbonyl (C=O) groups excluding carboxylic acids is 1. The Hall–Kier alpha value is -2.51. The third-order valence-corrected chi connectivity index (χ3v) is 3.95. The van der Waals surface area contributed by atoms with E-state index in [1.165, 1.54) is 18.4 Å². The van der Waals surface area contributed by atoms with Crippen LogP contribution in [0.4, 0.5) is 10.6 Å². The number of hydrogen-bond donors (Lipinski definition) is 2. The van der Waals surface area contributed by atoms with Crippen LogP contribution in [-0.4, -0.2) is 31.0 Å². The number of anilines is 1. The second-order valence-electron chi connectivity index (χ2n) is 5.62. The van der Waals surface area contributed by atoms with E-state index in [0.29, 0.717) is 24.7 Å². The van der Waals surface area contributed by atoms with E-state index >= 15 is 0 Å². The van der Waals surface area contributed by atoms with Crippen molar-refractivity contribution in [2.24, 2.45) is 0 Å². The van der Waals surface area contributed by atoms with Gasteiger partial charge in [-0.25, -0.2) is 14.8 Å². The maximum absolute atomic E-state index is 11.9. The lowest BCUT2D eigenvalue weighted by Crippen LogP contribution is -2.29. The molecule has 2 heterocycles. The Balaban J connectivity index is 1.59. The molecule has 0 bridgehead atoms. The Bertz CT molecular complexity index is 710.